The molecule has 0 fully saturated rings. The molecule has 112 valence electrons. The Kier molecular flexibility index (Phi) is 4.37. The molecule has 0 saturated carbocycles. The Morgan fingerprint density at radius 1 is 1.52 bits per heavy atom. The number of aromatic nitrogens is 1. The summed E-state index contributed by atoms with van der Waals surface area (Å²) in [6.07, 6.45) is 0. The van der Waals surface area contributed by atoms with Gasteiger partial charge in [-0.1, -0.05) is 0 Å². The van der Waals surface area contributed by atoms with Crippen molar-refractivity contribution in [2.45, 2.75) is 13.5 Å². The molecule has 6 nitrogen and oxygen atoms in total. The van der Waals surface area contributed by atoms with Gasteiger partial charge in [0.25, 0.3) is 0 Å². The van der Waals surface area contributed by atoms with E-state index >= 15 is 0 Å². The monoisotopic (exact) mass is 311 g/mol. The Morgan fingerprint density at radius 2 is 2.24 bits per heavy atom. The van der Waals surface area contributed by atoms with Crippen LogP contribution in [0.2, 0.25) is 0 Å². The number of anilines is 1. The second kappa shape index (κ2) is 6.04. The zero-order valence-corrected chi connectivity index (χ0v) is 12.6. The molecule has 8 heteroatoms. The molecule has 0 saturated heterocycles. The Bertz CT molecular complexity index is 675. The van der Waals surface area contributed by atoms with Crippen LogP contribution < -0.4 is 9.64 Å². The lowest BCUT2D eigenvalue weighted by atomic mass is 10.2. The van der Waals surface area contributed by atoms with Gasteiger partial charge in [-0.15, -0.1) is 11.3 Å². The zero-order chi connectivity index (χ0) is 15.6. The second-order valence-corrected chi connectivity index (χ2v) is 5.42. The number of nitrogens with zero attached hydrogens (tertiary/aromatic N) is 3. The van der Waals surface area contributed by atoms with E-state index < -0.39 is 16.4 Å². The molecule has 21 heavy (non-hydrogen) atoms. The van der Waals surface area contributed by atoms with Crippen molar-refractivity contribution in [3.63, 3.8) is 0 Å². The fourth-order valence-electron chi connectivity index (χ4n) is 1.91. The van der Waals surface area contributed by atoms with Gasteiger partial charge in [0, 0.05) is 30.3 Å². The van der Waals surface area contributed by atoms with Gasteiger partial charge in [-0.3, -0.25) is 10.1 Å². The highest BCUT2D eigenvalue weighted by Crippen LogP contribution is 2.35. The van der Waals surface area contributed by atoms with E-state index in [0.717, 1.165) is 16.8 Å². The summed E-state index contributed by atoms with van der Waals surface area (Å²) < 4.78 is 18.9. The van der Waals surface area contributed by atoms with Crippen molar-refractivity contribution < 1.29 is 14.1 Å². The van der Waals surface area contributed by atoms with Crippen molar-refractivity contribution in [3.05, 3.63) is 44.1 Å². The smallest absolute Gasteiger partial charge is 0.328 e. The standard InChI is InChI=1S/C13H14FN3O3S/c1-8-7-21-12(15-8)6-16(2)11-5-9(20-3)4-10(14)13(11)17(18)19/h4-5,7H,6H2,1-3H3. The molecule has 0 radical (unpaired) electrons. The number of thiazole rings is 1. The van der Waals surface area contributed by atoms with E-state index in [1.807, 2.05) is 12.3 Å². The van der Waals surface area contributed by atoms with Crippen LogP contribution in [0.15, 0.2) is 17.5 Å². The van der Waals surface area contributed by atoms with Crippen LogP contribution in [0.1, 0.15) is 10.7 Å². The maximum Gasteiger partial charge on any atom is 0.328 e. The minimum atomic E-state index is -0.920. The Balaban J connectivity index is 2.40. The first kappa shape index (κ1) is 15.2. The van der Waals surface area contributed by atoms with Crippen molar-refractivity contribution in [1.82, 2.24) is 4.98 Å². The number of methoxy groups -OCH3 is 1. The van der Waals surface area contributed by atoms with Crippen LogP contribution in [0.5, 0.6) is 5.75 Å². The summed E-state index contributed by atoms with van der Waals surface area (Å²) in [6, 6.07) is 2.45. The van der Waals surface area contributed by atoms with Crippen LogP contribution in [-0.2, 0) is 6.54 Å². The molecule has 1 aromatic carbocycles. The van der Waals surface area contributed by atoms with Crippen molar-refractivity contribution in [3.8, 4) is 5.75 Å². The maximum atomic E-state index is 13.9. The second-order valence-electron chi connectivity index (χ2n) is 4.47. The summed E-state index contributed by atoms with van der Waals surface area (Å²) in [6.45, 7) is 2.22. The number of nitro benzene ring substituents is 1. The average Bonchev–Trinajstić information content (AvgIpc) is 2.82. The molecule has 0 aliphatic carbocycles. The van der Waals surface area contributed by atoms with E-state index in [2.05, 4.69) is 4.98 Å². The average molecular weight is 311 g/mol. The number of ether oxygens (including phenoxy) is 1. The minimum absolute atomic E-state index is 0.157. The van der Waals surface area contributed by atoms with Crippen LogP contribution in [0.3, 0.4) is 0 Å². The van der Waals surface area contributed by atoms with Gasteiger partial charge in [0.1, 0.15) is 16.4 Å². The first-order valence-electron chi connectivity index (χ1n) is 6.06. The minimum Gasteiger partial charge on any atom is -0.497 e. The van der Waals surface area contributed by atoms with Gasteiger partial charge in [0.2, 0.25) is 5.82 Å². The molecule has 0 bridgehead atoms. The van der Waals surface area contributed by atoms with Crippen molar-refractivity contribution in [2.24, 2.45) is 0 Å². The van der Waals surface area contributed by atoms with E-state index in [-0.39, 0.29) is 11.4 Å². The Hall–Kier alpha value is -2.22. The van der Waals surface area contributed by atoms with E-state index in [9.17, 15) is 14.5 Å². The molecule has 0 amide bonds. The predicted octanol–water partition coefficient (Wildman–Crippen LogP) is 3.14. The quantitative estimate of drug-likeness (QED) is 0.627. The molecule has 0 N–H and O–H groups in total. The van der Waals surface area contributed by atoms with Crippen LogP contribution in [0.4, 0.5) is 15.8 Å². The van der Waals surface area contributed by atoms with E-state index in [0.29, 0.717) is 6.54 Å². The number of hydrogen-bond donors (Lipinski definition) is 0. The third-order valence-corrected chi connectivity index (χ3v) is 3.84. The molecular formula is C13H14FN3O3S. The van der Waals surface area contributed by atoms with Gasteiger partial charge in [0.15, 0.2) is 0 Å². The summed E-state index contributed by atoms with van der Waals surface area (Å²) in [4.78, 5) is 16.2. The first-order valence-corrected chi connectivity index (χ1v) is 6.94. The van der Waals surface area contributed by atoms with E-state index in [4.69, 9.17) is 4.74 Å². The highest BCUT2D eigenvalue weighted by atomic mass is 32.1. The van der Waals surface area contributed by atoms with Crippen LogP contribution in [0.25, 0.3) is 0 Å². The lowest BCUT2D eigenvalue weighted by Crippen LogP contribution is -2.18. The van der Waals surface area contributed by atoms with Gasteiger partial charge in [-0.2, -0.15) is 4.39 Å². The van der Waals surface area contributed by atoms with E-state index in [1.165, 1.54) is 24.5 Å². The van der Waals surface area contributed by atoms with E-state index in [1.54, 1.807) is 11.9 Å². The molecule has 1 aromatic heterocycles. The first-order chi connectivity index (χ1) is 9.92. The van der Waals surface area contributed by atoms with Crippen LogP contribution >= 0.6 is 11.3 Å². The Morgan fingerprint density at radius 3 is 2.76 bits per heavy atom. The largest absolute Gasteiger partial charge is 0.497 e. The maximum absolute atomic E-state index is 13.9. The topological polar surface area (TPSA) is 68.5 Å². The summed E-state index contributed by atoms with van der Waals surface area (Å²) in [5, 5.41) is 13.8. The number of aryl methyl sites for hydroxylation is 1. The van der Waals surface area contributed by atoms with Gasteiger partial charge >= 0.3 is 5.69 Å². The van der Waals surface area contributed by atoms with Gasteiger partial charge in [0.05, 0.1) is 18.6 Å². The molecule has 0 spiro atoms. The summed E-state index contributed by atoms with van der Waals surface area (Å²) in [5.74, 6) is -0.688. The molecule has 0 aliphatic rings. The molecule has 0 unspecified atom stereocenters. The summed E-state index contributed by atoms with van der Waals surface area (Å²) >= 11 is 1.45. The lowest BCUT2D eigenvalue weighted by molar-refractivity contribution is -0.386. The molecule has 1 heterocycles. The molecule has 2 rings (SSSR count). The summed E-state index contributed by atoms with van der Waals surface area (Å²) in [7, 11) is 3.03. The number of hydrogen-bond acceptors (Lipinski definition) is 6. The normalized spacial score (nSPS) is 10.5. The van der Waals surface area contributed by atoms with Crippen LogP contribution in [-0.4, -0.2) is 24.1 Å². The molecule has 0 atom stereocenters. The zero-order valence-electron chi connectivity index (χ0n) is 11.8. The number of halogens is 1. The van der Waals surface area contributed by atoms with Crippen molar-refractivity contribution in [1.29, 1.82) is 0 Å². The SMILES string of the molecule is COc1cc(F)c([N+](=O)[O-])c(N(C)Cc2nc(C)cs2)c1. The van der Waals surface area contributed by atoms with Crippen LogP contribution in [0, 0.1) is 22.9 Å². The lowest BCUT2D eigenvalue weighted by Gasteiger charge is -2.18. The molecule has 2 aromatic rings. The molecular weight excluding hydrogens is 297 g/mol. The number of benzene rings is 1. The highest BCUT2D eigenvalue weighted by Gasteiger charge is 2.25. The predicted molar refractivity (Wildman–Crippen MR) is 78.6 cm³/mol. The fraction of sp³-hybridized carbons (Fsp3) is 0.308. The van der Waals surface area contributed by atoms with Gasteiger partial charge in [-0.05, 0) is 6.92 Å². The van der Waals surface area contributed by atoms with Crippen molar-refractivity contribution in [2.75, 3.05) is 19.1 Å². The van der Waals surface area contributed by atoms with Gasteiger partial charge < -0.3 is 9.64 Å². The number of nitro groups is 1. The highest BCUT2D eigenvalue weighted by molar-refractivity contribution is 7.09. The van der Waals surface area contributed by atoms with Crippen molar-refractivity contribution >= 4 is 22.7 Å². The Labute approximate surface area is 125 Å². The van der Waals surface area contributed by atoms with Gasteiger partial charge in [-0.25, -0.2) is 4.98 Å². The fourth-order valence-corrected chi connectivity index (χ4v) is 2.74. The third kappa shape index (κ3) is 3.27. The number of rotatable bonds is 5. The third-order valence-electron chi connectivity index (χ3n) is 2.89. The summed E-state index contributed by atoms with van der Waals surface area (Å²) in [5.41, 5.74) is 0.478. The molecule has 0 aliphatic heterocycles.